The predicted molar refractivity (Wildman–Crippen MR) is 132 cm³/mol. The number of Topliss-reactive ketones (excluding diaryl/α,β-unsaturated/α-hetero) is 1. The molecule has 4 heteroatoms. The second-order valence-electron chi connectivity index (χ2n) is 13.5. The van der Waals surface area contributed by atoms with Gasteiger partial charge in [0, 0.05) is 11.5 Å². The van der Waals surface area contributed by atoms with E-state index in [1.165, 1.54) is 77.3 Å². The molecule has 2 aliphatic heterocycles. The minimum atomic E-state index is -0.136. The number of carbonyl (C=O) groups excluding carboxylic acids is 1. The third-order valence-corrected chi connectivity index (χ3v) is 12.1. The van der Waals surface area contributed by atoms with Crippen molar-refractivity contribution >= 4 is 5.78 Å². The highest BCUT2D eigenvalue weighted by atomic mass is 16.3. The molecule has 0 aromatic carbocycles. The molecule has 0 spiro atoms. The molecule has 6 aliphatic rings. The average Bonchev–Trinajstić information content (AvgIpc) is 3.11. The molecule has 9 unspecified atom stereocenters. The zero-order valence-electron chi connectivity index (χ0n) is 21.3. The third-order valence-electron chi connectivity index (χ3n) is 12.1. The van der Waals surface area contributed by atoms with Gasteiger partial charge in [0.1, 0.15) is 0 Å². The van der Waals surface area contributed by atoms with Gasteiger partial charge in [-0.3, -0.25) is 14.6 Å². The van der Waals surface area contributed by atoms with Crippen LogP contribution in [0.3, 0.4) is 0 Å². The van der Waals surface area contributed by atoms with Gasteiger partial charge in [0.15, 0.2) is 5.78 Å². The highest BCUT2D eigenvalue weighted by Crippen LogP contribution is 2.66. The number of hydrogen-bond acceptors (Lipinski definition) is 4. The fourth-order valence-corrected chi connectivity index (χ4v) is 10.2. The molecule has 0 aromatic heterocycles. The quantitative estimate of drug-likeness (QED) is 0.643. The van der Waals surface area contributed by atoms with Crippen LogP contribution in [0.4, 0.5) is 0 Å². The number of fused-ring (bicyclic) bond motifs is 5. The monoisotopic (exact) mass is 456 g/mol. The SMILES string of the molecule is CC12CCC3C(CCC4CC(O)C(N5CCCCC5)CC43C)C1CC(N1CCCCC1)C2=O. The van der Waals surface area contributed by atoms with E-state index < -0.39 is 0 Å². The van der Waals surface area contributed by atoms with Crippen molar-refractivity contribution in [3.63, 3.8) is 0 Å². The highest BCUT2D eigenvalue weighted by Gasteiger charge is 2.63. The van der Waals surface area contributed by atoms with Crippen LogP contribution in [0.25, 0.3) is 0 Å². The second kappa shape index (κ2) is 8.59. The molecule has 1 N–H and O–H groups in total. The van der Waals surface area contributed by atoms with Crippen molar-refractivity contribution in [2.75, 3.05) is 26.2 Å². The molecular weight excluding hydrogens is 408 g/mol. The van der Waals surface area contributed by atoms with Gasteiger partial charge in [-0.15, -0.1) is 0 Å². The molecule has 2 saturated heterocycles. The van der Waals surface area contributed by atoms with Crippen LogP contribution in [0.1, 0.15) is 97.3 Å². The summed E-state index contributed by atoms with van der Waals surface area (Å²) in [5.41, 5.74) is 0.269. The number of carbonyl (C=O) groups is 1. The van der Waals surface area contributed by atoms with Gasteiger partial charge >= 0.3 is 0 Å². The smallest absolute Gasteiger partial charge is 0.156 e. The number of aliphatic hydroxyl groups is 1. The Labute approximate surface area is 201 Å². The Morgan fingerprint density at radius 2 is 1.48 bits per heavy atom. The van der Waals surface area contributed by atoms with Crippen LogP contribution >= 0.6 is 0 Å². The van der Waals surface area contributed by atoms with Crippen LogP contribution in [-0.4, -0.2) is 65.1 Å². The molecule has 0 aromatic rings. The highest BCUT2D eigenvalue weighted by molar-refractivity contribution is 5.92. The number of likely N-dealkylation sites (tertiary alicyclic amines) is 2. The molecule has 9 atom stereocenters. The largest absolute Gasteiger partial charge is 0.391 e. The van der Waals surface area contributed by atoms with Gasteiger partial charge in [-0.25, -0.2) is 0 Å². The van der Waals surface area contributed by atoms with Crippen LogP contribution < -0.4 is 0 Å². The van der Waals surface area contributed by atoms with Gasteiger partial charge in [-0.1, -0.05) is 26.7 Å². The molecule has 0 bridgehead atoms. The van der Waals surface area contributed by atoms with E-state index in [1.54, 1.807) is 0 Å². The third kappa shape index (κ3) is 3.59. The summed E-state index contributed by atoms with van der Waals surface area (Å²) in [6, 6.07) is 0.573. The number of rotatable bonds is 2. The Morgan fingerprint density at radius 3 is 2.18 bits per heavy atom. The minimum absolute atomic E-state index is 0.0765. The molecule has 4 aliphatic carbocycles. The van der Waals surface area contributed by atoms with Crippen LogP contribution in [0, 0.1) is 34.5 Å². The van der Waals surface area contributed by atoms with E-state index in [1.807, 2.05) is 0 Å². The maximum Gasteiger partial charge on any atom is 0.156 e. The fourth-order valence-electron chi connectivity index (χ4n) is 10.2. The predicted octanol–water partition coefficient (Wildman–Crippen LogP) is 4.89. The lowest BCUT2D eigenvalue weighted by molar-refractivity contribution is -0.153. The summed E-state index contributed by atoms with van der Waals surface area (Å²) in [6.45, 7) is 9.62. The first kappa shape index (κ1) is 23.0. The number of hydrogen-bond donors (Lipinski definition) is 1. The zero-order valence-corrected chi connectivity index (χ0v) is 21.3. The number of ketones is 1. The molecule has 6 fully saturated rings. The van der Waals surface area contributed by atoms with E-state index in [4.69, 9.17) is 0 Å². The first-order valence-electron chi connectivity index (χ1n) is 14.6. The molecule has 4 saturated carbocycles. The minimum Gasteiger partial charge on any atom is -0.391 e. The molecule has 6 rings (SSSR count). The molecule has 0 amide bonds. The van der Waals surface area contributed by atoms with E-state index in [0.29, 0.717) is 29.1 Å². The van der Waals surface area contributed by atoms with Gasteiger partial charge in [-0.05, 0) is 126 Å². The Kier molecular flexibility index (Phi) is 5.98. The maximum absolute atomic E-state index is 13.8. The van der Waals surface area contributed by atoms with Gasteiger partial charge < -0.3 is 5.11 Å². The van der Waals surface area contributed by atoms with Gasteiger partial charge in [0.25, 0.3) is 0 Å². The standard InChI is InChI=1S/C29H48N2O2/c1-28-12-11-22-21(23(28)18-24(27(28)33)30-13-5-3-6-14-30)10-9-20-17-26(32)25(19-29(20,22)2)31-15-7-4-8-16-31/h20-26,32H,3-19H2,1-2H3. The topological polar surface area (TPSA) is 43.8 Å². The summed E-state index contributed by atoms with van der Waals surface area (Å²) < 4.78 is 0. The Balaban J connectivity index is 1.24. The van der Waals surface area contributed by atoms with E-state index in [-0.39, 0.29) is 17.6 Å². The Morgan fingerprint density at radius 1 is 0.818 bits per heavy atom. The second-order valence-corrected chi connectivity index (χ2v) is 13.5. The van der Waals surface area contributed by atoms with Crippen molar-refractivity contribution in [3.05, 3.63) is 0 Å². The average molecular weight is 457 g/mol. The number of piperidine rings is 2. The molecule has 2 heterocycles. The lowest BCUT2D eigenvalue weighted by Crippen LogP contribution is -2.60. The van der Waals surface area contributed by atoms with Crippen molar-refractivity contribution in [1.82, 2.24) is 9.80 Å². The molecule has 0 radical (unpaired) electrons. The summed E-state index contributed by atoms with van der Waals surface area (Å²) in [6.07, 6.45) is 16.0. The van der Waals surface area contributed by atoms with E-state index in [2.05, 4.69) is 23.6 Å². The maximum atomic E-state index is 13.8. The van der Waals surface area contributed by atoms with E-state index >= 15 is 0 Å². The fraction of sp³-hybridized carbons (Fsp3) is 0.966. The van der Waals surface area contributed by atoms with Crippen molar-refractivity contribution in [1.29, 1.82) is 0 Å². The van der Waals surface area contributed by atoms with Crippen molar-refractivity contribution in [2.24, 2.45) is 34.5 Å². The normalized spacial score (nSPS) is 51.6. The lowest BCUT2D eigenvalue weighted by atomic mass is 9.44. The molecular formula is C29H48N2O2. The number of aliphatic hydroxyl groups excluding tert-OH is 1. The van der Waals surface area contributed by atoms with Crippen LogP contribution in [-0.2, 0) is 4.79 Å². The Hall–Kier alpha value is -0.450. The molecule has 186 valence electrons. The van der Waals surface area contributed by atoms with E-state index in [9.17, 15) is 9.90 Å². The summed E-state index contributed by atoms with van der Waals surface area (Å²) in [5.74, 6) is 3.34. The van der Waals surface area contributed by atoms with Gasteiger partial charge in [-0.2, -0.15) is 0 Å². The molecule has 33 heavy (non-hydrogen) atoms. The Bertz CT molecular complexity index is 744. The lowest BCUT2D eigenvalue weighted by Gasteiger charge is -2.62. The van der Waals surface area contributed by atoms with Crippen LogP contribution in [0.5, 0.6) is 0 Å². The summed E-state index contributed by atoms with van der Waals surface area (Å²) in [4.78, 5) is 19.0. The summed E-state index contributed by atoms with van der Waals surface area (Å²) in [5, 5.41) is 11.2. The summed E-state index contributed by atoms with van der Waals surface area (Å²) >= 11 is 0. The first-order chi connectivity index (χ1) is 15.9. The van der Waals surface area contributed by atoms with Gasteiger partial charge in [0.2, 0.25) is 0 Å². The molecule has 4 nitrogen and oxygen atoms in total. The van der Waals surface area contributed by atoms with Crippen molar-refractivity contribution in [3.8, 4) is 0 Å². The van der Waals surface area contributed by atoms with Crippen LogP contribution in [0.2, 0.25) is 0 Å². The van der Waals surface area contributed by atoms with Gasteiger partial charge in [0.05, 0.1) is 12.1 Å². The van der Waals surface area contributed by atoms with E-state index in [0.717, 1.165) is 44.2 Å². The van der Waals surface area contributed by atoms with Crippen LogP contribution in [0.15, 0.2) is 0 Å². The van der Waals surface area contributed by atoms with Crippen molar-refractivity contribution < 1.29 is 9.90 Å². The summed E-state index contributed by atoms with van der Waals surface area (Å²) in [7, 11) is 0. The first-order valence-corrected chi connectivity index (χ1v) is 14.6. The van der Waals surface area contributed by atoms with Crippen molar-refractivity contribution in [2.45, 2.75) is 116 Å². The number of nitrogens with zero attached hydrogens (tertiary/aromatic N) is 2. The zero-order chi connectivity index (χ0) is 22.8.